The molecule has 2 heterocycles. The maximum atomic E-state index is 3.71. The number of nitrogens with one attached hydrogen (secondary N) is 1. The van der Waals surface area contributed by atoms with Crippen molar-refractivity contribution in [3.05, 3.63) is 59.2 Å². The van der Waals surface area contributed by atoms with Gasteiger partial charge in [0.2, 0.25) is 0 Å². The summed E-state index contributed by atoms with van der Waals surface area (Å²) >= 11 is 2.14. The van der Waals surface area contributed by atoms with Crippen molar-refractivity contribution in [2.45, 2.75) is 48.2 Å². The van der Waals surface area contributed by atoms with E-state index in [9.17, 15) is 0 Å². The van der Waals surface area contributed by atoms with Gasteiger partial charge in [0.1, 0.15) is 0 Å². The fourth-order valence-corrected chi connectivity index (χ4v) is 6.83. The van der Waals surface area contributed by atoms with Gasteiger partial charge in [0.15, 0.2) is 0 Å². The number of thioether (sulfide) groups is 1. The average Bonchev–Trinajstić information content (AvgIpc) is 3.12. The van der Waals surface area contributed by atoms with Gasteiger partial charge in [0.05, 0.1) is 0 Å². The van der Waals surface area contributed by atoms with Crippen molar-refractivity contribution in [3.8, 4) is 0 Å². The summed E-state index contributed by atoms with van der Waals surface area (Å²) in [6, 6.07) is 16.1. The molecule has 23 heavy (non-hydrogen) atoms. The summed E-state index contributed by atoms with van der Waals surface area (Å²) in [5.74, 6) is 2.20. The van der Waals surface area contributed by atoms with Crippen molar-refractivity contribution in [2.75, 3.05) is 11.9 Å². The highest BCUT2D eigenvalue weighted by Gasteiger charge is 2.48. The Kier molecular flexibility index (Phi) is 3.22. The van der Waals surface area contributed by atoms with E-state index >= 15 is 0 Å². The average molecular weight is 321 g/mol. The van der Waals surface area contributed by atoms with E-state index in [-0.39, 0.29) is 0 Å². The van der Waals surface area contributed by atoms with Crippen LogP contribution in [0, 0.1) is 5.92 Å². The van der Waals surface area contributed by atoms with E-state index in [0.29, 0.717) is 5.92 Å². The second-order valence-corrected chi connectivity index (χ2v) is 8.60. The van der Waals surface area contributed by atoms with Crippen molar-refractivity contribution in [1.29, 1.82) is 0 Å². The van der Waals surface area contributed by atoms with Gasteiger partial charge in [0, 0.05) is 28.3 Å². The number of para-hydroxylation sites is 1. The monoisotopic (exact) mass is 321 g/mol. The SMILES string of the molecule is CC1CC(c2cccc3c2NCCC3)C2Sc3ccccc3C12. The Morgan fingerprint density at radius 2 is 1.91 bits per heavy atom. The van der Waals surface area contributed by atoms with Crippen LogP contribution in [0.25, 0.3) is 0 Å². The quantitative estimate of drug-likeness (QED) is 0.752. The van der Waals surface area contributed by atoms with Crippen LogP contribution in [0.1, 0.15) is 48.3 Å². The van der Waals surface area contributed by atoms with Gasteiger partial charge < -0.3 is 5.32 Å². The van der Waals surface area contributed by atoms with Gasteiger partial charge in [0.25, 0.3) is 0 Å². The zero-order chi connectivity index (χ0) is 15.4. The second kappa shape index (κ2) is 5.31. The molecule has 0 spiro atoms. The summed E-state index contributed by atoms with van der Waals surface area (Å²) in [5.41, 5.74) is 6.19. The lowest BCUT2D eigenvalue weighted by atomic mass is 9.88. The molecule has 118 valence electrons. The van der Waals surface area contributed by atoms with Crippen LogP contribution in [0.2, 0.25) is 0 Å². The molecule has 4 atom stereocenters. The molecule has 0 bridgehead atoms. The first-order valence-electron chi connectivity index (χ1n) is 8.94. The molecule has 1 nitrogen and oxygen atoms in total. The molecule has 4 unspecified atom stereocenters. The lowest BCUT2D eigenvalue weighted by Crippen LogP contribution is -2.18. The molecule has 2 aromatic rings. The van der Waals surface area contributed by atoms with E-state index in [1.54, 1.807) is 11.1 Å². The van der Waals surface area contributed by atoms with Crippen molar-refractivity contribution < 1.29 is 0 Å². The number of hydrogen-bond acceptors (Lipinski definition) is 2. The smallest absolute Gasteiger partial charge is 0.0408 e. The van der Waals surface area contributed by atoms with Crippen LogP contribution in [-0.4, -0.2) is 11.8 Å². The molecule has 0 amide bonds. The first-order chi connectivity index (χ1) is 11.3. The number of aryl methyl sites for hydroxylation is 1. The molecule has 0 radical (unpaired) electrons. The lowest BCUT2D eigenvalue weighted by molar-refractivity contribution is 0.534. The lowest BCUT2D eigenvalue weighted by Gasteiger charge is -2.26. The van der Waals surface area contributed by atoms with E-state index in [1.807, 2.05) is 0 Å². The second-order valence-electron chi connectivity index (χ2n) is 7.38. The summed E-state index contributed by atoms with van der Waals surface area (Å²) in [5, 5.41) is 4.43. The molecule has 0 aromatic heterocycles. The van der Waals surface area contributed by atoms with Crippen molar-refractivity contribution in [2.24, 2.45) is 5.92 Å². The first kappa shape index (κ1) is 14.0. The van der Waals surface area contributed by atoms with Crippen LogP contribution in [0.5, 0.6) is 0 Å². The van der Waals surface area contributed by atoms with Gasteiger partial charge in [-0.15, -0.1) is 11.8 Å². The number of rotatable bonds is 1. The minimum absolute atomic E-state index is 0.688. The van der Waals surface area contributed by atoms with E-state index in [0.717, 1.165) is 23.6 Å². The molecule has 2 aliphatic heterocycles. The minimum Gasteiger partial charge on any atom is -0.385 e. The predicted molar refractivity (Wildman–Crippen MR) is 98.6 cm³/mol. The molecular formula is C21H23NS. The van der Waals surface area contributed by atoms with Crippen LogP contribution in [0.3, 0.4) is 0 Å². The normalized spacial score (nSPS) is 31.2. The highest BCUT2D eigenvalue weighted by atomic mass is 32.2. The van der Waals surface area contributed by atoms with Gasteiger partial charge >= 0.3 is 0 Å². The Hall–Kier alpha value is -1.41. The third kappa shape index (κ3) is 2.07. The third-order valence-electron chi connectivity index (χ3n) is 6.04. The van der Waals surface area contributed by atoms with Gasteiger partial charge in [-0.05, 0) is 53.9 Å². The van der Waals surface area contributed by atoms with Crippen LogP contribution in [-0.2, 0) is 6.42 Å². The molecule has 1 aliphatic carbocycles. The standard InChI is InChI=1S/C21H23NS/c1-13-12-17(15-9-4-6-14-7-5-11-22-20(14)15)21-19(13)16-8-2-3-10-18(16)23-21/h2-4,6,8-10,13,17,19,21-22H,5,7,11-12H2,1H3. The van der Waals surface area contributed by atoms with Gasteiger partial charge in [-0.1, -0.05) is 43.3 Å². The van der Waals surface area contributed by atoms with Crippen molar-refractivity contribution in [1.82, 2.24) is 0 Å². The fourth-order valence-electron chi connectivity index (χ4n) is 5.05. The summed E-state index contributed by atoms with van der Waals surface area (Å²) in [6.45, 7) is 3.59. The summed E-state index contributed by atoms with van der Waals surface area (Å²) in [7, 11) is 0. The molecule has 2 heteroatoms. The van der Waals surface area contributed by atoms with E-state index < -0.39 is 0 Å². The fraction of sp³-hybridized carbons (Fsp3) is 0.429. The maximum absolute atomic E-state index is 3.71. The molecule has 3 aliphatic rings. The maximum Gasteiger partial charge on any atom is 0.0408 e. The number of fused-ring (bicyclic) bond motifs is 4. The van der Waals surface area contributed by atoms with E-state index in [1.165, 1.54) is 35.4 Å². The van der Waals surface area contributed by atoms with Gasteiger partial charge in [-0.2, -0.15) is 0 Å². The molecule has 2 aromatic carbocycles. The highest BCUT2D eigenvalue weighted by molar-refractivity contribution is 8.00. The van der Waals surface area contributed by atoms with Crippen molar-refractivity contribution in [3.63, 3.8) is 0 Å². The molecule has 1 fully saturated rings. The highest BCUT2D eigenvalue weighted by Crippen LogP contribution is 2.61. The number of benzene rings is 2. The Morgan fingerprint density at radius 3 is 2.87 bits per heavy atom. The summed E-state index contributed by atoms with van der Waals surface area (Å²) < 4.78 is 0. The van der Waals surface area contributed by atoms with E-state index in [4.69, 9.17) is 0 Å². The van der Waals surface area contributed by atoms with Crippen LogP contribution in [0.15, 0.2) is 47.4 Å². The molecule has 1 N–H and O–H groups in total. The molecule has 0 saturated heterocycles. The Bertz CT molecular complexity index is 753. The Balaban J connectivity index is 1.57. The van der Waals surface area contributed by atoms with Crippen LogP contribution >= 0.6 is 11.8 Å². The Labute approximate surface area is 142 Å². The molecule has 5 rings (SSSR count). The molecule has 1 saturated carbocycles. The predicted octanol–water partition coefficient (Wildman–Crippen LogP) is 5.43. The third-order valence-corrected chi connectivity index (χ3v) is 7.56. The molecular weight excluding hydrogens is 298 g/mol. The topological polar surface area (TPSA) is 12.0 Å². The van der Waals surface area contributed by atoms with Crippen LogP contribution < -0.4 is 5.32 Å². The van der Waals surface area contributed by atoms with Crippen molar-refractivity contribution >= 4 is 17.4 Å². The zero-order valence-electron chi connectivity index (χ0n) is 13.6. The largest absolute Gasteiger partial charge is 0.385 e. The summed E-state index contributed by atoms with van der Waals surface area (Å²) in [6.07, 6.45) is 3.83. The zero-order valence-corrected chi connectivity index (χ0v) is 14.4. The summed E-state index contributed by atoms with van der Waals surface area (Å²) in [4.78, 5) is 1.52. The van der Waals surface area contributed by atoms with Gasteiger partial charge in [-0.25, -0.2) is 0 Å². The van der Waals surface area contributed by atoms with Gasteiger partial charge in [-0.3, -0.25) is 0 Å². The Morgan fingerprint density at radius 1 is 1.04 bits per heavy atom. The number of hydrogen-bond donors (Lipinski definition) is 1. The van der Waals surface area contributed by atoms with E-state index in [2.05, 4.69) is 66.5 Å². The first-order valence-corrected chi connectivity index (χ1v) is 9.82. The van der Waals surface area contributed by atoms with Crippen LogP contribution in [0.4, 0.5) is 5.69 Å². The minimum atomic E-state index is 0.688. The number of anilines is 1.